The molecule has 0 saturated heterocycles. The number of aryl methyl sites for hydroxylation is 2. The van der Waals surface area contributed by atoms with Gasteiger partial charge >= 0.3 is 5.97 Å². The Labute approximate surface area is 105 Å². The molecule has 0 fully saturated rings. The van der Waals surface area contributed by atoms with Crippen molar-refractivity contribution >= 4 is 16.9 Å². The zero-order chi connectivity index (χ0) is 13.4. The van der Waals surface area contributed by atoms with E-state index in [2.05, 4.69) is 4.98 Å². The predicted molar refractivity (Wildman–Crippen MR) is 70.0 cm³/mol. The quantitative estimate of drug-likeness (QED) is 0.780. The van der Waals surface area contributed by atoms with Crippen LogP contribution in [0.15, 0.2) is 12.1 Å². The van der Waals surface area contributed by atoms with Crippen LogP contribution >= 0.6 is 0 Å². The summed E-state index contributed by atoms with van der Waals surface area (Å²) in [4.78, 5) is 14.4. The highest BCUT2D eigenvalue weighted by molar-refractivity contribution is 6.04. The highest BCUT2D eigenvalue weighted by Crippen LogP contribution is 2.31. The summed E-state index contributed by atoms with van der Waals surface area (Å²) in [6, 6.07) is 3.64. The van der Waals surface area contributed by atoms with E-state index in [1.807, 2.05) is 19.9 Å². The lowest BCUT2D eigenvalue weighted by Gasteiger charge is -2.06. The summed E-state index contributed by atoms with van der Waals surface area (Å²) in [6.45, 7) is 5.52. The Morgan fingerprint density at radius 1 is 1.44 bits per heavy atom. The highest BCUT2D eigenvalue weighted by Gasteiger charge is 2.18. The number of aliphatic hydroxyl groups is 1. The first kappa shape index (κ1) is 12.6. The maximum Gasteiger partial charge on any atom is 0.337 e. The first-order chi connectivity index (χ1) is 8.45. The van der Waals surface area contributed by atoms with Gasteiger partial charge in [-0.2, -0.15) is 0 Å². The monoisotopic (exact) mass is 247 g/mol. The van der Waals surface area contributed by atoms with Gasteiger partial charge < -0.3 is 15.2 Å². The molecule has 4 heteroatoms. The van der Waals surface area contributed by atoms with E-state index in [4.69, 9.17) is 0 Å². The van der Waals surface area contributed by atoms with Crippen molar-refractivity contribution in [2.24, 2.45) is 0 Å². The largest absolute Gasteiger partial charge is 0.478 e. The SMILES string of the molecule is CCc1cc(C(=O)O)c2[nH]c(C)c(C(C)O)c2c1. The molecule has 96 valence electrons. The number of aromatic amines is 1. The Hall–Kier alpha value is -1.81. The fourth-order valence-corrected chi connectivity index (χ4v) is 2.42. The summed E-state index contributed by atoms with van der Waals surface area (Å²) < 4.78 is 0. The molecule has 0 aliphatic carbocycles. The minimum absolute atomic E-state index is 0.263. The number of carboxylic acid groups (broad SMARTS) is 1. The number of aromatic nitrogens is 1. The van der Waals surface area contributed by atoms with E-state index in [0.29, 0.717) is 5.52 Å². The summed E-state index contributed by atoms with van der Waals surface area (Å²) >= 11 is 0. The summed E-state index contributed by atoms with van der Waals surface area (Å²) in [6.07, 6.45) is 0.146. The van der Waals surface area contributed by atoms with Gasteiger partial charge in [-0.3, -0.25) is 0 Å². The molecule has 1 aromatic heterocycles. The first-order valence-electron chi connectivity index (χ1n) is 6.02. The third kappa shape index (κ3) is 1.88. The van der Waals surface area contributed by atoms with Crippen LogP contribution in [0.3, 0.4) is 0 Å². The zero-order valence-electron chi connectivity index (χ0n) is 10.7. The Kier molecular flexibility index (Phi) is 3.13. The minimum Gasteiger partial charge on any atom is -0.478 e. The van der Waals surface area contributed by atoms with Crippen LogP contribution in [0, 0.1) is 6.92 Å². The number of rotatable bonds is 3. The predicted octanol–water partition coefficient (Wildman–Crippen LogP) is 2.79. The third-order valence-electron chi connectivity index (χ3n) is 3.26. The fraction of sp³-hybridized carbons (Fsp3) is 0.357. The lowest BCUT2D eigenvalue weighted by atomic mass is 10.00. The van der Waals surface area contributed by atoms with E-state index >= 15 is 0 Å². The number of H-pyrrole nitrogens is 1. The molecular formula is C14H17NO3. The molecule has 1 heterocycles. The van der Waals surface area contributed by atoms with E-state index < -0.39 is 12.1 Å². The van der Waals surface area contributed by atoms with Crippen molar-refractivity contribution in [1.29, 1.82) is 0 Å². The number of nitrogens with one attached hydrogen (secondary N) is 1. The number of fused-ring (bicyclic) bond motifs is 1. The molecule has 1 aromatic carbocycles. The van der Waals surface area contributed by atoms with Crippen molar-refractivity contribution in [1.82, 2.24) is 4.98 Å². The Bertz CT molecular complexity index is 611. The van der Waals surface area contributed by atoms with Crippen LogP contribution in [0.4, 0.5) is 0 Å². The van der Waals surface area contributed by atoms with Gasteiger partial charge in [0.25, 0.3) is 0 Å². The van der Waals surface area contributed by atoms with Gasteiger partial charge in [0.2, 0.25) is 0 Å². The van der Waals surface area contributed by atoms with Gasteiger partial charge in [0.05, 0.1) is 17.2 Å². The molecule has 0 spiro atoms. The van der Waals surface area contributed by atoms with E-state index in [0.717, 1.165) is 28.6 Å². The lowest BCUT2D eigenvalue weighted by Crippen LogP contribution is -1.99. The summed E-state index contributed by atoms with van der Waals surface area (Å²) in [5.41, 5.74) is 3.41. The van der Waals surface area contributed by atoms with Gasteiger partial charge in [0.15, 0.2) is 0 Å². The molecule has 0 bridgehead atoms. The molecule has 4 nitrogen and oxygen atoms in total. The molecule has 2 aromatic rings. The standard InChI is InChI=1S/C14H17NO3/c1-4-9-5-10-12(8(3)16)7(2)15-13(10)11(6-9)14(17)18/h5-6,8,15-16H,4H2,1-3H3,(H,17,18). The van der Waals surface area contributed by atoms with Crippen LogP contribution in [0.25, 0.3) is 10.9 Å². The number of hydrogen-bond donors (Lipinski definition) is 3. The molecule has 1 unspecified atom stereocenters. The molecule has 2 rings (SSSR count). The molecule has 1 atom stereocenters. The zero-order valence-corrected chi connectivity index (χ0v) is 10.7. The van der Waals surface area contributed by atoms with Crippen LogP contribution in [-0.4, -0.2) is 21.2 Å². The minimum atomic E-state index is -0.950. The highest BCUT2D eigenvalue weighted by atomic mass is 16.4. The molecule has 18 heavy (non-hydrogen) atoms. The number of hydrogen-bond acceptors (Lipinski definition) is 2. The summed E-state index contributed by atoms with van der Waals surface area (Å²) in [7, 11) is 0. The Morgan fingerprint density at radius 2 is 2.11 bits per heavy atom. The average Bonchev–Trinajstić information content (AvgIpc) is 2.62. The number of benzene rings is 1. The van der Waals surface area contributed by atoms with Gasteiger partial charge in [-0.05, 0) is 38.0 Å². The Balaban J connectivity index is 2.87. The first-order valence-corrected chi connectivity index (χ1v) is 6.02. The van der Waals surface area contributed by atoms with E-state index in [-0.39, 0.29) is 5.56 Å². The fourth-order valence-electron chi connectivity index (χ4n) is 2.42. The second-order valence-electron chi connectivity index (χ2n) is 4.56. The molecule has 0 aliphatic rings. The number of carboxylic acids is 1. The lowest BCUT2D eigenvalue weighted by molar-refractivity contribution is 0.0698. The van der Waals surface area contributed by atoms with Gasteiger partial charge in [-0.15, -0.1) is 0 Å². The third-order valence-corrected chi connectivity index (χ3v) is 3.26. The summed E-state index contributed by atoms with van der Waals surface area (Å²) in [5, 5.41) is 19.9. The molecule has 0 amide bonds. The topological polar surface area (TPSA) is 73.3 Å². The van der Waals surface area contributed by atoms with E-state index in [9.17, 15) is 15.0 Å². The van der Waals surface area contributed by atoms with Gasteiger partial charge in [0, 0.05) is 16.6 Å². The van der Waals surface area contributed by atoms with Gasteiger partial charge in [0.1, 0.15) is 0 Å². The molecule has 0 saturated carbocycles. The molecule has 0 aliphatic heterocycles. The second-order valence-corrected chi connectivity index (χ2v) is 4.56. The number of aliphatic hydroxyl groups excluding tert-OH is 1. The van der Waals surface area contributed by atoms with Crippen LogP contribution in [-0.2, 0) is 6.42 Å². The van der Waals surface area contributed by atoms with Crippen LogP contribution in [0.5, 0.6) is 0 Å². The molecule has 3 N–H and O–H groups in total. The van der Waals surface area contributed by atoms with Crippen molar-refractivity contribution in [3.05, 3.63) is 34.5 Å². The van der Waals surface area contributed by atoms with Gasteiger partial charge in [-0.25, -0.2) is 4.79 Å². The van der Waals surface area contributed by atoms with Crippen LogP contribution in [0.2, 0.25) is 0 Å². The van der Waals surface area contributed by atoms with Crippen molar-refractivity contribution in [3.8, 4) is 0 Å². The van der Waals surface area contributed by atoms with Gasteiger partial charge in [-0.1, -0.05) is 6.92 Å². The Morgan fingerprint density at radius 3 is 2.61 bits per heavy atom. The molecular weight excluding hydrogens is 230 g/mol. The van der Waals surface area contributed by atoms with Crippen LogP contribution in [0.1, 0.15) is 47.1 Å². The summed E-state index contributed by atoms with van der Waals surface area (Å²) in [5.74, 6) is -0.950. The van der Waals surface area contributed by atoms with Crippen molar-refractivity contribution in [2.45, 2.75) is 33.3 Å². The maximum atomic E-state index is 11.3. The van der Waals surface area contributed by atoms with E-state index in [1.54, 1.807) is 13.0 Å². The van der Waals surface area contributed by atoms with Crippen molar-refractivity contribution in [3.63, 3.8) is 0 Å². The number of carbonyl (C=O) groups is 1. The smallest absolute Gasteiger partial charge is 0.337 e. The molecule has 0 radical (unpaired) electrons. The maximum absolute atomic E-state index is 11.3. The average molecular weight is 247 g/mol. The normalized spacial score (nSPS) is 12.9. The second kappa shape index (κ2) is 4.46. The van der Waals surface area contributed by atoms with Crippen molar-refractivity contribution < 1.29 is 15.0 Å². The van der Waals surface area contributed by atoms with E-state index in [1.165, 1.54) is 0 Å². The van der Waals surface area contributed by atoms with Crippen molar-refractivity contribution in [2.75, 3.05) is 0 Å². The number of aromatic carboxylic acids is 1. The van der Waals surface area contributed by atoms with Crippen LogP contribution < -0.4 is 0 Å².